The molecule has 1 fully saturated rings. The first-order valence-corrected chi connectivity index (χ1v) is 12.2. The van der Waals surface area contributed by atoms with Crippen LogP contribution in [0.15, 0.2) is 29.3 Å². The zero-order chi connectivity index (χ0) is 21.9. The molecule has 0 radical (unpaired) electrons. The maximum atomic E-state index is 6.02. The van der Waals surface area contributed by atoms with Crippen molar-refractivity contribution in [2.75, 3.05) is 53.0 Å². The molecule has 0 aliphatic carbocycles. The molecule has 0 spiro atoms. The van der Waals surface area contributed by atoms with E-state index in [1.54, 1.807) is 7.11 Å². The minimum Gasteiger partial charge on any atom is -0.385 e. The summed E-state index contributed by atoms with van der Waals surface area (Å²) in [6.45, 7) is 12.0. The molecule has 2 heterocycles. The smallest absolute Gasteiger partial charge is 0.193 e. The van der Waals surface area contributed by atoms with Crippen molar-refractivity contribution < 1.29 is 9.47 Å². The number of piperidine rings is 1. The fourth-order valence-corrected chi connectivity index (χ4v) is 4.64. The van der Waals surface area contributed by atoms with Crippen molar-refractivity contribution in [1.29, 1.82) is 0 Å². The summed E-state index contributed by atoms with van der Waals surface area (Å²) < 4.78 is 11.1. The summed E-state index contributed by atoms with van der Waals surface area (Å²) in [5, 5.41) is 3.53. The van der Waals surface area contributed by atoms with Gasteiger partial charge in [0.05, 0.1) is 12.6 Å². The molecule has 31 heavy (non-hydrogen) atoms. The summed E-state index contributed by atoms with van der Waals surface area (Å²) in [6.07, 6.45) is 5.75. The Balaban J connectivity index is 1.52. The molecule has 1 atom stereocenters. The Kier molecular flexibility index (Phi) is 10.1. The summed E-state index contributed by atoms with van der Waals surface area (Å²) in [7, 11) is 1.74. The molecule has 1 saturated heterocycles. The molecule has 174 valence electrons. The van der Waals surface area contributed by atoms with E-state index in [-0.39, 0.29) is 0 Å². The number of aliphatic imine (C=N–C) groups is 1. The molecule has 6 heteroatoms. The Morgan fingerprint density at radius 1 is 1.13 bits per heavy atom. The van der Waals surface area contributed by atoms with Gasteiger partial charge in [0.15, 0.2) is 5.96 Å². The van der Waals surface area contributed by atoms with Crippen LogP contribution in [0.1, 0.15) is 50.7 Å². The molecule has 3 rings (SSSR count). The zero-order valence-electron chi connectivity index (χ0n) is 19.8. The van der Waals surface area contributed by atoms with Crippen LogP contribution in [0.3, 0.4) is 0 Å². The third-order valence-corrected chi connectivity index (χ3v) is 6.52. The predicted octanol–water partition coefficient (Wildman–Crippen LogP) is 3.31. The Labute approximate surface area is 189 Å². The van der Waals surface area contributed by atoms with Crippen LogP contribution >= 0.6 is 0 Å². The summed E-state index contributed by atoms with van der Waals surface area (Å²) in [4.78, 5) is 10.1. The highest BCUT2D eigenvalue weighted by molar-refractivity contribution is 5.80. The molecule has 1 aromatic carbocycles. The first-order valence-electron chi connectivity index (χ1n) is 12.2. The van der Waals surface area contributed by atoms with E-state index in [4.69, 9.17) is 14.5 Å². The molecule has 0 saturated carbocycles. The van der Waals surface area contributed by atoms with Crippen molar-refractivity contribution >= 4 is 5.96 Å². The highest BCUT2D eigenvalue weighted by Crippen LogP contribution is 2.22. The molecular formula is C25H42N4O2. The molecule has 6 nitrogen and oxygen atoms in total. The second-order valence-electron chi connectivity index (χ2n) is 8.65. The van der Waals surface area contributed by atoms with Gasteiger partial charge >= 0.3 is 0 Å². The van der Waals surface area contributed by atoms with Crippen LogP contribution in [0.2, 0.25) is 0 Å². The van der Waals surface area contributed by atoms with Crippen LogP contribution < -0.4 is 5.32 Å². The first-order chi connectivity index (χ1) is 15.2. The standard InChI is InChI=1S/C25H42N4O2/c1-4-23(29-14-11-21-9-6-7-10-22(21)20-29)19-27-25(26-5-2)28-15-12-24(13-16-28)31-18-8-17-30-3/h6-7,9-10,23-24H,4-5,8,11-20H2,1-3H3,(H,26,27). The Bertz CT molecular complexity index is 673. The van der Waals surface area contributed by atoms with E-state index in [0.29, 0.717) is 12.1 Å². The second kappa shape index (κ2) is 13.0. The number of hydrogen-bond donors (Lipinski definition) is 1. The lowest BCUT2D eigenvalue weighted by atomic mass is 9.98. The Hall–Kier alpha value is -1.63. The van der Waals surface area contributed by atoms with Crippen LogP contribution in [-0.4, -0.2) is 81.0 Å². The zero-order valence-corrected chi connectivity index (χ0v) is 19.8. The number of methoxy groups -OCH3 is 1. The van der Waals surface area contributed by atoms with E-state index in [1.807, 2.05) is 0 Å². The summed E-state index contributed by atoms with van der Waals surface area (Å²) in [5.74, 6) is 1.07. The van der Waals surface area contributed by atoms with Gasteiger partial charge in [-0.25, -0.2) is 0 Å². The van der Waals surface area contributed by atoms with Crippen molar-refractivity contribution in [2.24, 2.45) is 4.99 Å². The Morgan fingerprint density at radius 2 is 1.90 bits per heavy atom. The van der Waals surface area contributed by atoms with E-state index in [9.17, 15) is 0 Å². The fraction of sp³-hybridized carbons (Fsp3) is 0.720. The summed E-state index contributed by atoms with van der Waals surface area (Å²) >= 11 is 0. The van der Waals surface area contributed by atoms with E-state index in [2.05, 4.69) is 53.2 Å². The lowest BCUT2D eigenvalue weighted by Gasteiger charge is -2.36. The van der Waals surface area contributed by atoms with Gasteiger partial charge in [-0.15, -0.1) is 0 Å². The van der Waals surface area contributed by atoms with Crippen molar-refractivity contribution in [3.63, 3.8) is 0 Å². The molecule has 1 aromatic rings. The summed E-state index contributed by atoms with van der Waals surface area (Å²) in [5.41, 5.74) is 2.99. The number of guanidine groups is 1. The highest BCUT2D eigenvalue weighted by Gasteiger charge is 2.24. The van der Waals surface area contributed by atoms with Crippen LogP contribution in [0, 0.1) is 0 Å². The van der Waals surface area contributed by atoms with Crippen LogP contribution in [-0.2, 0) is 22.4 Å². The van der Waals surface area contributed by atoms with Gasteiger partial charge in [0.1, 0.15) is 0 Å². The van der Waals surface area contributed by atoms with E-state index in [0.717, 1.165) is 90.5 Å². The van der Waals surface area contributed by atoms with Crippen molar-refractivity contribution in [2.45, 2.75) is 64.6 Å². The Morgan fingerprint density at radius 3 is 2.61 bits per heavy atom. The largest absolute Gasteiger partial charge is 0.385 e. The number of nitrogens with zero attached hydrogens (tertiary/aromatic N) is 3. The van der Waals surface area contributed by atoms with Gasteiger partial charge in [-0.05, 0) is 50.2 Å². The van der Waals surface area contributed by atoms with E-state index >= 15 is 0 Å². The minimum absolute atomic E-state index is 0.368. The van der Waals surface area contributed by atoms with Gasteiger partial charge in [0.2, 0.25) is 0 Å². The van der Waals surface area contributed by atoms with Crippen LogP contribution in [0.4, 0.5) is 0 Å². The lowest BCUT2D eigenvalue weighted by Crippen LogP contribution is -2.48. The van der Waals surface area contributed by atoms with Gasteiger partial charge in [-0.2, -0.15) is 0 Å². The third-order valence-electron chi connectivity index (χ3n) is 6.52. The van der Waals surface area contributed by atoms with Gasteiger partial charge in [0, 0.05) is 59.1 Å². The maximum Gasteiger partial charge on any atom is 0.193 e. The predicted molar refractivity (Wildman–Crippen MR) is 128 cm³/mol. The average Bonchev–Trinajstić information content (AvgIpc) is 2.82. The number of benzene rings is 1. The minimum atomic E-state index is 0.368. The van der Waals surface area contributed by atoms with Crippen molar-refractivity contribution in [1.82, 2.24) is 15.1 Å². The van der Waals surface area contributed by atoms with E-state index in [1.165, 1.54) is 11.1 Å². The SMILES string of the molecule is CCNC(=NCC(CC)N1CCc2ccccc2C1)N1CCC(OCCCOC)CC1. The molecular weight excluding hydrogens is 388 g/mol. The molecule has 2 aliphatic rings. The topological polar surface area (TPSA) is 49.3 Å². The van der Waals surface area contributed by atoms with Crippen LogP contribution in [0.25, 0.3) is 0 Å². The lowest BCUT2D eigenvalue weighted by molar-refractivity contribution is 0.00988. The van der Waals surface area contributed by atoms with Crippen molar-refractivity contribution in [3.05, 3.63) is 35.4 Å². The molecule has 1 unspecified atom stereocenters. The fourth-order valence-electron chi connectivity index (χ4n) is 4.64. The molecule has 0 aromatic heterocycles. The molecule has 1 N–H and O–H groups in total. The maximum absolute atomic E-state index is 6.02. The first kappa shape index (κ1) is 24.0. The van der Waals surface area contributed by atoms with Gasteiger partial charge < -0.3 is 19.7 Å². The number of likely N-dealkylation sites (tertiary alicyclic amines) is 1. The second-order valence-corrected chi connectivity index (χ2v) is 8.65. The van der Waals surface area contributed by atoms with Crippen LogP contribution in [0.5, 0.6) is 0 Å². The molecule has 0 amide bonds. The normalized spacial score (nSPS) is 19.3. The van der Waals surface area contributed by atoms with E-state index < -0.39 is 0 Å². The van der Waals surface area contributed by atoms with Crippen molar-refractivity contribution in [3.8, 4) is 0 Å². The van der Waals surface area contributed by atoms with Gasteiger partial charge in [-0.1, -0.05) is 31.2 Å². The van der Waals surface area contributed by atoms with Gasteiger partial charge in [-0.3, -0.25) is 9.89 Å². The van der Waals surface area contributed by atoms with Gasteiger partial charge in [0.25, 0.3) is 0 Å². The quantitative estimate of drug-likeness (QED) is 0.351. The monoisotopic (exact) mass is 430 g/mol. The number of hydrogen-bond acceptors (Lipinski definition) is 4. The number of nitrogens with one attached hydrogen (secondary N) is 1. The number of fused-ring (bicyclic) bond motifs is 1. The highest BCUT2D eigenvalue weighted by atomic mass is 16.5. The molecule has 2 aliphatic heterocycles. The number of ether oxygens (including phenoxy) is 2. The molecule has 0 bridgehead atoms. The third kappa shape index (κ3) is 7.19. The summed E-state index contributed by atoms with van der Waals surface area (Å²) in [6, 6.07) is 9.37. The number of rotatable bonds is 10. The average molecular weight is 431 g/mol.